The lowest BCUT2D eigenvalue weighted by Gasteiger charge is -2.22. The summed E-state index contributed by atoms with van der Waals surface area (Å²) in [5.41, 5.74) is 1.43. The lowest BCUT2D eigenvalue weighted by atomic mass is 10.2. The SMILES string of the molecule is O=C(CCc1ccc(Cl)s1)N(Cc1ccccn1)c1ccc(F)cc1. The van der Waals surface area contributed by atoms with Gasteiger partial charge in [-0.1, -0.05) is 17.7 Å². The highest BCUT2D eigenvalue weighted by Gasteiger charge is 2.17. The Morgan fingerprint density at radius 2 is 1.92 bits per heavy atom. The number of pyridine rings is 1. The van der Waals surface area contributed by atoms with Crippen LogP contribution in [0.1, 0.15) is 17.0 Å². The van der Waals surface area contributed by atoms with Gasteiger partial charge in [-0.05, 0) is 55.0 Å². The van der Waals surface area contributed by atoms with E-state index in [9.17, 15) is 9.18 Å². The predicted octanol–water partition coefficient (Wildman–Crippen LogP) is 5.10. The molecule has 0 spiro atoms. The van der Waals surface area contributed by atoms with Crippen molar-refractivity contribution in [1.82, 2.24) is 4.98 Å². The molecule has 2 heterocycles. The normalized spacial score (nSPS) is 10.6. The summed E-state index contributed by atoms with van der Waals surface area (Å²) in [4.78, 5) is 19.8. The molecule has 6 heteroatoms. The molecule has 1 amide bonds. The fourth-order valence-corrected chi connectivity index (χ4v) is 3.54. The molecule has 3 rings (SSSR count). The van der Waals surface area contributed by atoms with E-state index < -0.39 is 0 Å². The van der Waals surface area contributed by atoms with E-state index in [1.54, 1.807) is 23.2 Å². The molecular weight excluding hydrogens is 359 g/mol. The van der Waals surface area contributed by atoms with Crippen molar-refractivity contribution in [2.45, 2.75) is 19.4 Å². The molecule has 25 heavy (non-hydrogen) atoms. The van der Waals surface area contributed by atoms with Crippen LogP contribution in [0.15, 0.2) is 60.8 Å². The number of amides is 1. The first-order valence-corrected chi connectivity index (χ1v) is 9.01. The van der Waals surface area contributed by atoms with Gasteiger partial charge < -0.3 is 4.90 Å². The van der Waals surface area contributed by atoms with Gasteiger partial charge in [0.2, 0.25) is 5.91 Å². The molecule has 1 aromatic carbocycles. The summed E-state index contributed by atoms with van der Waals surface area (Å²) in [6, 6.07) is 15.3. The molecule has 0 unspecified atom stereocenters. The van der Waals surface area contributed by atoms with Crippen molar-refractivity contribution in [2.75, 3.05) is 4.90 Å². The van der Waals surface area contributed by atoms with Crippen LogP contribution in [0.5, 0.6) is 0 Å². The zero-order chi connectivity index (χ0) is 17.6. The van der Waals surface area contributed by atoms with E-state index in [1.807, 2.05) is 30.3 Å². The van der Waals surface area contributed by atoms with E-state index >= 15 is 0 Å². The molecule has 128 valence electrons. The number of anilines is 1. The maximum atomic E-state index is 13.2. The Morgan fingerprint density at radius 1 is 1.12 bits per heavy atom. The minimum absolute atomic E-state index is 0.0400. The number of nitrogens with zero attached hydrogens (tertiary/aromatic N) is 2. The topological polar surface area (TPSA) is 33.2 Å². The molecule has 0 bridgehead atoms. The van der Waals surface area contributed by atoms with Crippen molar-refractivity contribution in [3.8, 4) is 0 Å². The third-order valence-corrected chi connectivity index (χ3v) is 4.99. The molecule has 2 aromatic heterocycles. The van der Waals surface area contributed by atoms with Crippen molar-refractivity contribution in [3.05, 3.63) is 81.5 Å². The summed E-state index contributed by atoms with van der Waals surface area (Å²) in [7, 11) is 0. The van der Waals surface area contributed by atoms with Crippen LogP contribution in [0.2, 0.25) is 4.34 Å². The first-order valence-electron chi connectivity index (χ1n) is 7.82. The average Bonchev–Trinajstić information content (AvgIpc) is 3.05. The van der Waals surface area contributed by atoms with Crippen molar-refractivity contribution in [1.29, 1.82) is 0 Å². The molecular formula is C19H16ClFN2OS. The lowest BCUT2D eigenvalue weighted by molar-refractivity contribution is -0.118. The molecule has 0 atom stereocenters. The number of carbonyl (C=O) groups excluding carboxylic acids is 1. The highest BCUT2D eigenvalue weighted by Crippen LogP contribution is 2.24. The maximum absolute atomic E-state index is 13.2. The molecule has 0 saturated heterocycles. The monoisotopic (exact) mass is 374 g/mol. The third kappa shape index (κ3) is 4.87. The number of thiophene rings is 1. The summed E-state index contributed by atoms with van der Waals surface area (Å²) < 4.78 is 13.9. The zero-order valence-electron chi connectivity index (χ0n) is 13.4. The molecule has 0 aliphatic carbocycles. The minimum Gasteiger partial charge on any atom is -0.306 e. The quantitative estimate of drug-likeness (QED) is 0.601. The van der Waals surface area contributed by atoms with E-state index in [-0.39, 0.29) is 11.7 Å². The minimum atomic E-state index is -0.331. The molecule has 3 aromatic rings. The van der Waals surface area contributed by atoms with Gasteiger partial charge in [-0.2, -0.15) is 0 Å². The standard InChI is InChI=1S/C19H16ClFN2OS/c20-18-10-8-17(25-18)9-11-19(24)23(13-15-3-1-2-12-22-15)16-6-4-14(21)5-7-16/h1-8,10,12H,9,11,13H2. The fraction of sp³-hybridized carbons (Fsp3) is 0.158. The number of halogens is 2. The van der Waals surface area contributed by atoms with E-state index in [0.29, 0.717) is 29.4 Å². The average molecular weight is 375 g/mol. The van der Waals surface area contributed by atoms with E-state index in [0.717, 1.165) is 10.6 Å². The third-order valence-electron chi connectivity index (χ3n) is 3.70. The van der Waals surface area contributed by atoms with Crippen molar-refractivity contribution in [2.24, 2.45) is 0 Å². The van der Waals surface area contributed by atoms with Crippen molar-refractivity contribution >= 4 is 34.5 Å². The Balaban J connectivity index is 1.77. The number of aryl methyl sites for hydroxylation is 1. The Morgan fingerprint density at radius 3 is 2.56 bits per heavy atom. The zero-order valence-corrected chi connectivity index (χ0v) is 14.9. The molecule has 0 saturated carbocycles. The Bertz CT molecular complexity index is 836. The number of benzene rings is 1. The van der Waals surface area contributed by atoms with Gasteiger partial charge in [0.25, 0.3) is 0 Å². The van der Waals surface area contributed by atoms with Gasteiger partial charge in [0.1, 0.15) is 5.82 Å². The number of carbonyl (C=O) groups is 1. The van der Waals surface area contributed by atoms with E-state index in [2.05, 4.69) is 4.98 Å². The molecule has 0 aliphatic heterocycles. The highest BCUT2D eigenvalue weighted by atomic mass is 35.5. The smallest absolute Gasteiger partial charge is 0.227 e. The largest absolute Gasteiger partial charge is 0.306 e. The summed E-state index contributed by atoms with van der Waals surface area (Å²) in [6.07, 6.45) is 2.66. The van der Waals surface area contributed by atoms with E-state index in [1.165, 1.54) is 23.5 Å². The molecule has 3 nitrogen and oxygen atoms in total. The van der Waals surface area contributed by atoms with Crippen LogP contribution in [-0.2, 0) is 17.8 Å². The van der Waals surface area contributed by atoms with Crippen LogP contribution < -0.4 is 4.90 Å². The molecule has 0 aliphatic rings. The molecule has 0 radical (unpaired) electrons. The molecule has 0 N–H and O–H groups in total. The number of hydrogen-bond acceptors (Lipinski definition) is 3. The van der Waals surface area contributed by atoms with Crippen LogP contribution in [-0.4, -0.2) is 10.9 Å². The first-order chi connectivity index (χ1) is 12.1. The predicted molar refractivity (Wildman–Crippen MR) is 99.5 cm³/mol. The van der Waals surface area contributed by atoms with Gasteiger partial charge in [-0.25, -0.2) is 4.39 Å². The summed E-state index contributed by atoms with van der Waals surface area (Å²) >= 11 is 7.41. The van der Waals surface area contributed by atoms with Gasteiger partial charge in [-0.15, -0.1) is 11.3 Å². The van der Waals surface area contributed by atoms with Gasteiger partial charge in [0.05, 0.1) is 16.6 Å². The van der Waals surface area contributed by atoms with Crippen molar-refractivity contribution < 1.29 is 9.18 Å². The Labute approximate surface area is 154 Å². The van der Waals surface area contributed by atoms with Crippen LogP contribution in [0.25, 0.3) is 0 Å². The van der Waals surface area contributed by atoms with E-state index in [4.69, 9.17) is 11.6 Å². The summed E-state index contributed by atoms with van der Waals surface area (Å²) in [5.74, 6) is -0.371. The maximum Gasteiger partial charge on any atom is 0.227 e. The van der Waals surface area contributed by atoms with Crippen LogP contribution in [0.4, 0.5) is 10.1 Å². The second-order valence-corrected chi connectivity index (χ2v) is 7.28. The second kappa shape index (κ2) is 8.23. The van der Waals surface area contributed by atoms with Gasteiger partial charge in [0.15, 0.2) is 0 Å². The van der Waals surface area contributed by atoms with Crippen LogP contribution >= 0.6 is 22.9 Å². The Hall–Kier alpha value is -2.24. The first kappa shape index (κ1) is 17.6. The van der Waals surface area contributed by atoms with Gasteiger partial charge >= 0.3 is 0 Å². The summed E-state index contributed by atoms with van der Waals surface area (Å²) in [6.45, 7) is 0.344. The second-order valence-electron chi connectivity index (χ2n) is 5.48. The number of hydrogen-bond donors (Lipinski definition) is 0. The number of rotatable bonds is 6. The van der Waals surface area contributed by atoms with Crippen LogP contribution in [0, 0.1) is 5.82 Å². The van der Waals surface area contributed by atoms with Gasteiger partial charge in [0, 0.05) is 23.2 Å². The van der Waals surface area contributed by atoms with Crippen molar-refractivity contribution in [3.63, 3.8) is 0 Å². The Kier molecular flexibility index (Phi) is 5.79. The number of aromatic nitrogens is 1. The fourth-order valence-electron chi connectivity index (χ4n) is 2.45. The van der Waals surface area contributed by atoms with Gasteiger partial charge in [-0.3, -0.25) is 9.78 Å². The summed E-state index contributed by atoms with van der Waals surface area (Å²) in [5, 5.41) is 0. The molecule has 0 fully saturated rings. The lowest BCUT2D eigenvalue weighted by Crippen LogP contribution is -2.30. The highest BCUT2D eigenvalue weighted by molar-refractivity contribution is 7.16. The van der Waals surface area contributed by atoms with Crippen LogP contribution in [0.3, 0.4) is 0 Å².